The van der Waals surface area contributed by atoms with Crippen LogP contribution in [0.4, 0.5) is 4.79 Å². The summed E-state index contributed by atoms with van der Waals surface area (Å²) in [7, 11) is 2.23. The molecule has 3 heterocycles. The summed E-state index contributed by atoms with van der Waals surface area (Å²) in [5.41, 5.74) is 6.51. The van der Waals surface area contributed by atoms with Crippen molar-refractivity contribution in [3.05, 3.63) is 71.3 Å². The van der Waals surface area contributed by atoms with Gasteiger partial charge in [-0.15, -0.1) is 0 Å². The van der Waals surface area contributed by atoms with Gasteiger partial charge >= 0.3 is 6.09 Å². The molecule has 2 fully saturated rings. The van der Waals surface area contributed by atoms with Crippen LogP contribution >= 0.6 is 0 Å². The highest BCUT2D eigenvalue weighted by molar-refractivity contribution is 5.86. The Kier molecular flexibility index (Phi) is 6.99. The Morgan fingerprint density at radius 1 is 1.07 bits per heavy atom. The van der Waals surface area contributed by atoms with Crippen LogP contribution in [0, 0.1) is 5.92 Å². The molecular weight excluding hydrogens is 516 g/mol. The molecular formula is C33H40N4O4. The Morgan fingerprint density at radius 2 is 1.88 bits per heavy atom. The lowest BCUT2D eigenvalue weighted by atomic mass is 9.54. The molecule has 2 saturated heterocycles. The van der Waals surface area contributed by atoms with Gasteiger partial charge in [-0.2, -0.15) is 0 Å². The van der Waals surface area contributed by atoms with E-state index >= 15 is 0 Å². The quantitative estimate of drug-likeness (QED) is 0.521. The minimum atomic E-state index is -0.773. The van der Waals surface area contributed by atoms with Crippen molar-refractivity contribution in [2.45, 2.75) is 75.0 Å². The van der Waals surface area contributed by atoms with Gasteiger partial charge in [0.1, 0.15) is 12.1 Å². The molecule has 216 valence electrons. The normalized spacial score (nSPS) is 29.0. The molecule has 3 aliphatic heterocycles. The maximum atomic E-state index is 13.4. The first kappa shape index (κ1) is 26.5. The Hall–Kier alpha value is -3.36. The molecule has 2 amide bonds. The summed E-state index contributed by atoms with van der Waals surface area (Å²) in [5.74, 6) is 1.33. The largest absolute Gasteiger partial charge is 0.485 e. The molecule has 2 N–H and O–H groups in total. The molecule has 5 aliphatic rings. The lowest BCUT2D eigenvalue weighted by Crippen LogP contribution is -2.62. The number of nitrogens with one attached hydrogen (secondary N) is 2. The zero-order chi connectivity index (χ0) is 28.0. The van der Waals surface area contributed by atoms with E-state index in [0.717, 1.165) is 57.3 Å². The van der Waals surface area contributed by atoms with Crippen LogP contribution in [0.3, 0.4) is 0 Å². The first-order valence-electron chi connectivity index (χ1n) is 15.3. The lowest BCUT2D eigenvalue weighted by molar-refractivity contribution is -0.127. The van der Waals surface area contributed by atoms with Crippen molar-refractivity contribution in [3.8, 4) is 11.5 Å². The van der Waals surface area contributed by atoms with Crippen molar-refractivity contribution in [2.75, 3.05) is 26.7 Å². The minimum Gasteiger partial charge on any atom is -0.485 e. The highest BCUT2D eigenvalue weighted by atomic mass is 16.6. The van der Waals surface area contributed by atoms with Crippen LogP contribution in [0.5, 0.6) is 11.5 Å². The highest BCUT2D eigenvalue weighted by Gasteiger charge is 2.62. The monoisotopic (exact) mass is 556 g/mol. The molecule has 41 heavy (non-hydrogen) atoms. The summed E-state index contributed by atoms with van der Waals surface area (Å²) in [5, 5.41) is 4.87. The van der Waals surface area contributed by atoms with Crippen molar-refractivity contribution in [1.82, 2.24) is 20.7 Å². The first-order chi connectivity index (χ1) is 20.0. The third-order valence-electron chi connectivity index (χ3n) is 10.1. The van der Waals surface area contributed by atoms with Crippen molar-refractivity contribution < 1.29 is 19.1 Å². The number of piperidine rings is 1. The molecule has 0 aromatic heterocycles. The van der Waals surface area contributed by atoms with Gasteiger partial charge in [0, 0.05) is 48.9 Å². The van der Waals surface area contributed by atoms with E-state index in [4.69, 9.17) is 9.47 Å². The Morgan fingerprint density at radius 3 is 2.68 bits per heavy atom. The third kappa shape index (κ3) is 4.71. The number of hydrogen-bond acceptors (Lipinski definition) is 6. The fourth-order valence-corrected chi connectivity index (χ4v) is 8.03. The predicted molar refractivity (Wildman–Crippen MR) is 156 cm³/mol. The van der Waals surface area contributed by atoms with Crippen LogP contribution in [-0.2, 0) is 23.1 Å². The fraction of sp³-hybridized carbons (Fsp3) is 0.515. The summed E-state index contributed by atoms with van der Waals surface area (Å²) in [6.45, 7) is 2.67. The Labute approximate surface area is 242 Å². The number of benzene rings is 2. The third-order valence-corrected chi connectivity index (χ3v) is 10.1. The molecule has 2 bridgehead atoms. The van der Waals surface area contributed by atoms with Gasteiger partial charge < -0.3 is 19.7 Å². The number of likely N-dealkylation sites (N-methyl/N-ethyl adjacent to an activating group) is 1. The molecule has 3 unspecified atom stereocenters. The molecule has 2 aliphatic carbocycles. The van der Waals surface area contributed by atoms with Crippen molar-refractivity contribution in [2.24, 2.45) is 5.92 Å². The van der Waals surface area contributed by atoms with Crippen LogP contribution in [0.1, 0.15) is 55.2 Å². The molecule has 1 spiro atoms. The number of amides is 2. The van der Waals surface area contributed by atoms with E-state index in [0.29, 0.717) is 29.9 Å². The number of carbonyl (C=O) groups is 2. The van der Waals surface area contributed by atoms with Gasteiger partial charge in [-0.3, -0.25) is 10.2 Å². The topological polar surface area (TPSA) is 83.1 Å². The summed E-state index contributed by atoms with van der Waals surface area (Å²) in [6.07, 6.45) is 11.8. The van der Waals surface area contributed by atoms with E-state index < -0.39 is 12.1 Å². The SMILES string of the molecule is CN1CC[C@]23c4c5ccc(OC(=O)NC(Cc6ccccc6)C(=O)NN6CCCCCC6)c4O[C@H]2CC=CC3C1C5. The number of hydrazine groups is 1. The molecule has 8 nitrogen and oxygen atoms in total. The average molecular weight is 557 g/mol. The van der Waals surface area contributed by atoms with Crippen LogP contribution in [0.2, 0.25) is 0 Å². The van der Waals surface area contributed by atoms with Crippen LogP contribution in [0.25, 0.3) is 0 Å². The highest BCUT2D eigenvalue weighted by Crippen LogP contribution is 2.62. The summed E-state index contributed by atoms with van der Waals surface area (Å²) >= 11 is 0. The fourth-order valence-electron chi connectivity index (χ4n) is 8.03. The van der Waals surface area contributed by atoms with Gasteiger partial charge in [0.15, 0.2) is 11.5 Å². The second kappa shape index (κ2) is 10.8. The maximum absolute atomic E-state index is 13.4. The molecule has 7 rings (SSSR count). The van der Waals surface area contributed by atoms with Crippen molar-refractivity contribution in [1.29, 1.82) is 0 Å². The number of ether oxygens (including phenoxy) is 2. The summed E-state index contributed by atoms with van der Waals surface area (Å²) < 4.78 is 12.6. The number of nitrogens with zero attached hydrogens (tertiary/aromatic N) is 2. The van der Waals surface area contributed by atoms with E-state index in [1.165, 1.54) is 24.0 Å². The first-order valence-corrected chi connectivity index (χ1v) is 15.3. The Bertz CT molecular complexity index is 1340. The Balaban J connectivity index is 1.12. The van der Waals surface area contributed by atoms with Crippen LogP contribution in [-0.4, -0.2) is 66.8 Å². The average Bonchev–Trinajstić information content (AvgIpc) is 3.11. The van der Waals surface area contributed by atoms with Gasteiger partial charge in [0.2, 0.25) is 0 Å². The molecule has 8 heteroatoms. The maximum Gasteiger partial charge on any atom is 0.413 e. The van der Waals surface area contributed by atoms with Gasteiger partial charge in [0.25, 0.3) is 5.91 Å². The van der Waals surface area contributed by atoms with Gasteiger partial charge in [-0.1, -0.05) is 61.4 Å². The molecule has 2 aromatic carbocycles. The van der Waals surface area contributed by atoms with Gasteiger partial charge in [-0.25, -0.2) is 9.80 Å². The second-order valence-electron chi connectivity index (χ2n) is 12.4. The standard InChI is InChI=1S/C33H40N4O4/c1-36-19-16-33-24-12-9-13-28(33)41-30-27(15-14-23(29(30)33)21-26(24)36)40-32(39)34-25(20-22-10-5-4-6-11-22)31(38)35-37-17-7-2-3-8-18-37/h4-6,9-12,14-15,24-26,28H,2-3,7-8,13,16-21H2,1H3,(H,34,39)(H,35,38)/t24?,25?,26?,28-,33+/m0/s1. The van der Waals surface area contributed by atoms with Gasteiger partial charge in [0.05, 0.1) is 0 Å². The number of hydrogen-bond donors (Lipinski definition) is 2. The number of likely N-dealkylation sites (tertiary alicyclic amines) is 1. The number of rotatable bonds is 6. The van der Waals surface area contributed by atoms with E-state index in [-0.39, 0.29) is 17.4 Å². The summed E-state index contributed by atoms with van der Waals surface area (Å²) in [4.78, 5) is 29.3. The van der Waals surface area contributed by atoms with Crippen LogP contribution in [0.15, 0.2) is 54.6 Å². The minimum absolute atomic E-state index is 0.0563. The predicted octanol–water partition coefficient (Wildman–Crippen LogP) is 4.13. The number of carbonyl (C=O) groups excluding carboxylic acids is 2. The van der Waals surface area contributed by atoms with E-state index in [1.807, 2.05) is 41.4 Å². The molecule has 0 radical (unpaired) electrons. The van der Waals surface area contributed by atoms with Gasteiger partial charge in [-0.05, 0) is 56.5 Å². The summed E-state index contributed by atoms with van der Waals surface area (Å²) in [6, 6.07) is 13.4. The van der Waals surface area contributed by atoms with E-state index in [9.17, 15) is 9.59 Å². The smallest absolute Gasteiger partial charge is 0.413 e. The van der Waals surface area contributed by atoms with E-state index in [2.05, 4.69) is 40.9 Å². The van der Waals surface area contributed by atoms with Crippen molar-refractivity contribution in [3.63, 3.8) is 0 Å². The molecule has 5 atom stereocenters. The van der Waals surface area contributed by atoms with Crippen LogP contribution < -0.4 is 20.2 Å². The lowest BCUT2D eigenvalue weighted by Gasteiger charge is -2.55. The molecule has 2 aromatic rings. The zero-order valence-corrected chi connectivity index (χ0v) is 23.8. The molecule has 0 saturated carbocycles. The van der Waals surface area contributed by atoms with Crippen molar-refractivity contribution >= 4 is 12.0 Å². The second-order valence-corrected chi connectivity index (χ2v) is 12.4. The van der Waals surface area contributed by atoms with E-state index in [1.54, 1.807) is 0 Å². The zero-order valence-electron chi connectivity index (χ0n) is 23.8.